The maximum absolute atomic E-state index is 11.3. The fourth-order valence-electron chi connectivity index (χ4n) is 4.26. The Morgan fingerprint density at radius 2 is 1.24 bits per heavy atom. The molecule has 0 spiro atoms. The molecule has 0 unspecified atom stereocenters. The van der Waals surface area contributed by atoms with E-state index in [9.17, 15) is 14.4 Å². The van der Waals surface area contributed by atoms with Gasteiger partial charge in [-0.2, -0.15) is 0 Å². The molecule has 192 valence electrons. The topological polar surface area (TPSA) is 113 Å². The molecule has 0 saturated heterocycles. The number of carbonyl (C=O) groups excluding carboxylic acids is 1. The van der Waals surface area contributed by atoms with Gasteiger partial charge in [0.2, 0.25) is 0 Å². The average molecular weight is 478 g/mol. The number of hydrogen-bond donors (Lipinski definition) is 2. The maximum atomic E-state index is 11.3. The molecule has 2 rings (SSSR count). The van der Waals surface area contributed by atoms with Crippen LogP contribution in [0.15, 0.2) is 28.5 Å². The van der Waals surface area contributed by atoms with Gasteiger partial charge in [0.1, 0.15) is 7.11 Å². The molecule has 0 heterocycles. The molecule has 34 heavy (non-hydrogen) atoms. The quantitative estimate of drug-likeness (QED) is 0.180. The van der Waals surface area contributed by atoms with Crippen molar-refractivity contribution in [2.24, 2.45) is 5.16 Å². The Labute approximate surface area is 204 Å². The molecule has 0 aliphatic heterocycles. The summed E-state index contributed by atoms with van der Waals surface area (Å²) in [6.45, 7) is 0. The molecular formula is C27H43NO6. The van der Waals surface area contributed by atoms with Crippen molar-refractivity contribution >= 4 is 23.4 Å². The van der Waals surface area contributed by atoms with Crippen molar-refractivity contribution in [1.82, 2.24) is 0 Å². The number of carboxylic acid groups (broad SMARTS) is 2. The lowest BCUT2D eigenvalue weighted by Crippen LogP contribution is -1.98. The summed E-state index contributed by atoms with van der Waals surface area (Å²) in [5, 5.41) is 21.0. The SMILES string of the molecule is CON=C1CCC=C1CCCCCCCC(=O)O.O=C(O)CCCCCCCC1=CCCC1=O. The van der Waals surface area contributed by atoms with Crippen LogP contribution in [-0.2, 0) is 19.2 Å². The molecule has 0 atom stereocenters. The van der Waals surface area contributed by atoms with Crippen LogP contribution in [-0.4, -0.2) is 40.8 Å². The van der Waals surface area contributed by atoms with Gasteiger partial charge in [-0.25, -0.2) is 0 Å². The minimum atomic E-state index is -0.707. The number of carboxylic acids is 2. The van der Waals surface area contributed by atoms with E-state index in [4.69, 9.17) is 15.1 Å². The molecule has 2 aliphatic carbocycles. The van der Waals surface area contributed by atoms with Crippen molar-refractivity contribution < 1.29 is 29.4 Å². The molecule has 0 saturated carbocycles. The van der Waals surface area contributed by atoms with Gasteiger partial charge in [-0.3, -0.25) is 14.4 Å². The third kappa shape index (κ3) is 14.7. The van der Waals surface area contributed by atoms with Crippen LogP contribution >= 0.6 is 0 Å². The van der Waals surface area contributed by atoms with Gasteiger partial charge in [0.25, 0.3) is 0 Å². The minimum absolute atomic E-state index is 0.281. The maximum Gasteiger partial charge on any atom is 0.303 e. The van der Waals surface area contributed by atoms with Crippen molar-refractivity contribution in [2.75, 3.05) is 7.11 Å². The first-order valence-corrected chi connectivity index (χ1v) is 12.9. The summed E-state index contributed by atoms with van der Waals surface area (Å²) < 4.78 is 0. The smallest absolute Gasteiger partial charge is 0.303 e. The first-order valence-electron chi connectivity index (χ1n) is 12.9. The normalized spacial score (nSPS) is 16.1. The Morgan fingerprint density at radius 3 is 1.74 bits per heavy atom. The van der Waals surface area contributed by atoms with E-state index < -0.39 is 11.9 Å². The molecule has 0 aromatic carbocycles. The molecule has 2 N–H and O–H groups in total. The van der Waals surface area contributed by atoms with Crippen LogP contribution < -0.4 is 0 Å². The fourth-order valence-corrected chi connectivity index (χ4v) is 4.26. The second-order valence-corrected chi connectivity index (χ2v) is 9.00. The average Bonchev–Trinajstić information content (AvgIpc) is 3.41. The minimum Gasteiger partial charge on any atom is -0.481 e. The number of rotatable bonds is 17. The van der Waals surface area contributed by atoms with Crippen molar-refractivity contribution in [3.63, 3.8) is 0 Å². The summed E-state index contributed by atoms with van der Waals surface area (Å²) in [5.41, 5.74) is 3.45. The van der Waals surface area contributed by atoms with E-state index >= 15 is 0 Å². The number of allylic oxidation sites excluding steroid dienone is 4. The monoisotopic (exact) mass is 477 g/mol. The summed E-state index contributed by atoms with van der Waals surface area (Å²) in [7, 11) is 1.59. The van der Waals surface area contributed by atoms with Crippen molar-refractivity contribution in [1.29, 1.82) is 0 Å². The van der Waals surface area contributed by atoms with E-state index in [0.717, 1.165) is 108 Å². The lowest BCUT2D eigenvalue weighted by molar-refractivity contribution is -0.138. The first kappa shape index (κ1) is 29.6. The summed E-state index contributed by atoms with van der Waals surface area (Å²) in [4.78, 5) is 36.7. The molecule has 2 aliphatic rings. The predicted molar refractivity (Wildman–Crippen MR) is 134 cm³/mol. The van der Waals surface area contributed by atoms with Gasteiger partial charge in [0, 0.05) is 19.3 Å². The third-order valence-corrected chi connectivity index (χ3v) is 6.14. The van der Waals surface area contributed by atoms with Crippen LogP contribution in [0.5, 0.6) is 0 Å². The Balaban J connectivity index is 0.000000342. The number of oxime groups is 1. The molecule has 7 heteroatoms. The number of Topliss-reactive ketones (excluding diaryl/α,β-unsaturated/α-hetero) is 1. The van der Waals surface area contributed by atoms with Gasteiger partial charge < -0.3 is 15.1 Å². The number of aliphatic carboxylic acids is 2. The zero-order chi connectivity index (χ0) is 25.0. The molecule has 7 nitrogen and oxygen atoms in total. The Hall–Kier alpha value is -2.44. The lowest BCUT2D eigenvalue weighted by atomic mass is 10.0. The van der Waals surface area contributed by atoms with E-state index in [0.29, 0.717) is 18.6 Å². The van der Waals surface area contributed by atoms with Gasteiger partial charge in [0.05, 0.1) is 5.71 Å². The van der Waals surface area contributed by atoms with E-state index in [-0.39, 0.29) is 6.42 Å². The van der Waals surface area contributed by atoms with E-state index in [1.165, 1.54) is 5.57 Å². The van der Waals surface area contributed by atoms with Crippen molar-refractivity contribution in [3.8, 4) is 0 Å². The first-order chi connectivity index (χ1) is 16.4. The van der Waals surface area contributed by atoms with Crippen LogP contribution in [0.4, 0.5) is 0 Å². The molecule has 0 bridgehead atoms. The Morgan fingerprint density at radius 1 is 0.765 bits per heavy atom. The highest BCUT2D eigenvalue weighted by molar-refractivity contribution is 6.01. The van der Waals surface area contributed by atoms with Gasteiger partial charge >= 0.3 is 11.9 Å². The second-order valence-electron chi connectivity index (χ2n) is 9.00. The number of nitrogens with zero attached hydrogens (tertiary/aromatic N) is 1. The van der Waals surface area contributed by atoms with Crippen LogP contribution in [0, 0.1) is 0 Å². The van der Waals surface area contributed by atoms with E-state index in [2.05, 4.69) is 17.3 Å². The molecule has 0 amide bonds. The summed E-state index contributed by atoms with van der Waals surface area (Å²) in [6, 6.07) is 0. The highest BCUT2D eigenvalue weighted by Gasteiger charge is 2.14. The van der Waals surface area contributed by atoms with E-state index in [1.54, 1.807) is 7.11 Å². The van der Waals surface area contributed by atoms with Gasteiger partial charge in [-0.05, 0) is 68.9 Å². The third-order valence-electron chi connectivity index (χ3n) is 6.14. The number of carbonyl (C=O) groups is 3. The lowest BCUT2D eigenvalue weighted by Gasteiger charge is -2.04. The largest absolute Gasteiger partial charge is 0.481 e. The van der Waals surface area contributed by atoms with Crippen LogP contribution in [0.25, 0.3) is 0 Å². The molecular weight excluding hydrogens is 434 g/mol. The highest BCUT2D eigenvalue weighted by atomic mass is 16.6. The van der Waals surface area contributed by atoms with Crippen LogP contribution in [0.2, 0.25) is 0 Å². The van der Waals surface area contributed by atoms with Crippen molar-refractivity contribution in [2.45, 2.75) is 116 Å². The van der Waals surface area contributed by atoms with Crippen LogP contribution in [0.1, 0.15) is 116 Å². The van der Waals surface area contributed by atoms with Gasteiger partial charge in [0.15, 0.2) is 5.78 Å². The standard InChI is InChI=1S/C14H23NO3.C13H20O3/c1-18-15-13-10-7-9-12(13)8-5-3-2-4-6-11-14(16)17;14-12-9-6-8-11(12)7-4-2-1-3-5-10-13(15)16/h9H,2-8,10-11H2,1H3,(H,16,17);8H,1-7,9-10H2,(H,15,16). The molecule has 0 fully saturated rings. The summed E-state index contributed by atoms with van der Waals surface area (Å²) >= 11 is 0. The summed E-state index contributed by atoms with van der Waals surface area (Å²) in [5.74, 6) is -1.07. The highest BCUT2D eigenvalue weighted by Crippen LogP contribution is 2.22. The predicted octanol–water partition coefficient (Wildman–Crippen LogP) is 6.62. The number of hydrogen-bond acceptors (Lipinski definition) is 5. The van der Waals surface area contributed by atoms with E-state index in [1.807, 2.05) is 0 Å². The second kappa shape index (κ2) is 18.9. The van der Waals surface area contributed by atoms with Gasteiger partial charge in [-0.15, -0.1) is 0 Å². The van der Waals surface area contributed by atoms with Crippen molar-refractivity contribution in [3.05, 3.63) is 23.3 Å². The Bertz CT molecular complexity index is 723. The molecule has 0 aromatic rings. The zero-order valence-electron chi connectivity index (χ0n) is 20.9. The van der Waals surface area contributed by atoms with Gasteiger partial charge in [-0.1, -0.05) is 55.8 Å². The summed E-state index contributed by atoms with van der Waals surface area (Å²) in [6.07, 6.45) is 20.8. The number of unbranched alkanes of at least 4 members (excludes halogenated alkanes) is 8. The Kier molecular flexibility index (Phi) is 16.5. The zero-order valence-corrected chi connectivity index (χ0v) is 20.9. The van der Waals surface area contributed by atoms with Crippen LogP contribution in [0.3, 0.4) is 0 Å². The fraction of sp³-hybridized carbons (Fsp3) is 0.704. The number of ketones is 1. The molecule has 0 aromatic heterocycles. The molecule has 0 radical (unpaired) electrons.